The predicted molar refractivity (Wildman–Crippen MR) is 75.3 cm³/mol. The molecule has 0 amide bonds. The van der Waals surface area contributed by atoms with Crippen molar-refractivity contribution in [2.75, 3.05) is 0 Å². The monoisotopic (exact) mass is 326 g/mol. The fraction of sp³-hybridized carbons (Fsp3) is 0.357. The highest BCUT2D eigenvalue weighted by Crippen LogP contribution is 2.22. The molecule has 1 aromatic carbocycles. The lowest BCUT2D eigenvalue weighted by atomic mass is 10.1. The number of hydrogen-bond acceptors (Lipinski definition) is 3. The van der Waals surface area contributed by atoms with Gasteiger partial charge in [0, 0.05) is 22.6 Å². The maximum atomic E-state index is 13.3. The second kappa shape index (κ2) is 5.84. The summed E-state index contributed by atoms with van der Waals surface area (Å²) in [5.74, 6) is 0.578. The molecule has 0 radical (unpaired) electrons. The lowest BCUT2D eigenvalue weighted by Crippen LogP contribution is -2.19. The lowest BCUT2D eigenvalue weighted by molar-refractivity contribution is 0.390. The minimum Gasteiger partial charge on any atom is -0.361 e. The first-order chi connectivity index (χ1) is 8.97. The van der Waals surface area contributed by atoms with Crippen LogP contribution in [0.5, 0.6) is 0 Å². The summed E-state index contributed by atoms with van der Waals surface area (Å²) in [6.07, 6.45) is 0. The number of nitrogens with zero attached hydrogens (tertiary/aromatic N) is 1. The number of aromatic nitrogens is 1. The first-order valence-electron chi connectivity index (χ1n) is 6.08. The van der Waals surface area contributed by atoms with Crippen LogP contribution in [0.3, 0.4) is 0 Å². The van der Waals surface area contributed by atoms with Gasteiger partial charge in [-0.1, -0.05) is 21.1 Å². The standard InChI is InChI=1S/C14H16BrFN2O/c1-8(14-9(2)18-19-10(14)3)17-7-11-4-12(15)6-13(16)5-11/h4-6,8,17H,7H2,1-3H3. The SMILES string of the molecule is Cc1noc(C)c1C(C)NCc1cc(F)cc(Br)c1. The van der Waals surface area contributed by atoms with E-state index in [-0.39, 0.29) is 11.9 Å². The molecule has 0 aliphatic carbocycles. The molecule has 102 valence electrons. The molecule has 0 fully saturated rings. The maximum absolute atomic E-state index is 13.3. The van der Waals surface area contributed by atoms with Gasteiger partial charge in [0.15, 0.2) is 0 Å². The maximum Gasteiger partial charge on any atom is 0.138 e. The molecule has 0 bridgehead atoms. The summed E-state index contributed by atoms with van der Waals surface area (Å²) in [5, 5.41) is 7.29. The summed E-state index contributed by atoms with van der Waals surface area (Å²) in [6.45, 7) is 6.44. The van der Waals surface area contributed by atoms with Gasteiger partial charge in [-0.15, -0.1) is 0 Å². The van der Waals surface area contributed by atoms with Crippen molar-refractivity contribution in [2.45, 2.75) is 33.4 Å². The Morgan fingerprint density at radius 1 is 1.37 bits per heavy atom. The van der Waals surface area contributed by atoms with Crippen molar-refractivity contribution >= 4 is 15.9 Å². The third-order valence-corrected chi connectivity index (χ3v) is 3.51. The van der Waals surface area contributed by atoms with Gasteiger partial charge in [-0.25, -0.2) is 4.39 Å². The molecule has 1 aromatic heterocycles. The molecule has 1 atom stereocenters. The van der Waals surface area contributed by atoms with Gasteiger partial charge in [-0.2, -0.15) is 0 Å². The molecular formula is C14H16BrFN2O. The molecule has 0 aliphatic heterocycles. The Kier molecular flexibility index (Phi) is 4.37. The number of hydrogen-bond donors (Lipinski definition) is 1. The molecule has 2 rings (SSSR count). The van der Waals surface area contributed by atoms with Crippen molar-refractivity contribution in [3.8, 4) is 0 Å². The van der Waals surface area contributed by atoms with E-state index < -0.39 is 0 Å². The molecule has 0 spiro atoms. The number of halogens is 2. The van der Waals surface area contributed by atoms with Crippen molar-refractivity contribution in [3.63, 3.8) is 0 Å². The van der Waals surface area contributed by atoms with Crippen LogP contribution in [0.25, 0.3) is 0 Å². The topological polar surface area (TPSA) is 38.1 Å². The highest BCUT2D eigenvalue weighted by molar-refractivity contribution is 9.10. The van der Waals surface area contributed by atoms with Gasteiger partial charge >= 0.3 is 0 Å². The molecular weight excluding hydrogens is 311 g/mol. The molecule has 1 N–H and O–H groups in total. The Morgan fingerprint density at radius 2 is 2.11 bits per heavy atom. The predicted octanol–water partition coefficient (Wildman–Crippen LogP) is 4.04. The van der Waals surface area contributed by atoms with Crippen LogP contribution in [0.2, 0.25) is 0 Å². The smallest absolute Gasteiger partial charge is 0.138 e. The summed E-state index contributed by atoms with van der Waals surface area (Å²) >= 11 is 3.29. The molecule has 1 heterocycles. The first kappa shape index (κ1) is 14.2. The Hall–Kier alpha value is -1.20. The lowest BCUT2D eigenvalue weighted by Gasteiger charge is -2.14. The molecule has 2 aromatic rings. The zero-order valence-corrected chi connectivity index (χ0v) is 12.7. The molecule has 0 saturated heterocycles. The highest BCUT2D eigenvalue weighted by Gasteiger charge is 2.15. The van der Waals surface area contributed by atoms with E-state index in [1.807, 2.05) is 26.8 Å². The fourth-order valence-electron chi connectivity index (χ4n) is 2.19. The summed E-state index contributed by atoms with van der Waals surface area (Å²) in [5.41, 5.74) is 2.85. The van der Waals surface area contributed by atoms with E-state index in [1.165, 1.54) is 12.1 Å². The Balaban J connectivity index is 2.06. The van der Waals surface area contributed by atoms with Crippen molar-refractivity contribution in [3.05, 3.63) is 51.1 Å². The Morgan fingerprint density at radius 3 is 2.68 bits per heavy atom. The highest BCUT2D eigenvalue weighted by atomic mass is 79.9. The second-order valence-corrected chi connectivity index (χ2v) is 5.53. The van der Waals surface area contributed by atoms with Crippen LogP contribution in [0.4, 0.5) is 4.39 Å². The van der Waals surface area contributed by atoms with Crippen molar-refractivity contribution in [2.24, 2.45) is 0 Å². The summed E-state index contributed by atoms with van der Waals surface area (Å²) < 4.78 is 19.2. The first-order valence-corrected chi connectivity index (χ1v) is 6.88. The Bertz CT molecular complexity index is 543. The fourth-order valence-corrected chi connectivity index (χ4v) is 2.71. The molecule has 0 aliphatic rings. The Labute approximate surface area is 120 Å². The van der Waals surface area contributed by atoms with Gasteiger partial charge in [0.1, 0.15) is 11.6 Å². The van der Waals surface area contributed by atoms with Crippen molar-refractivity contribution in [1.82, 2.24) is 10.5 Å². The second-order valence-electron chi connectivity index (χ2n) is 4.62. The molecule has 3 nitrogen and oxygen atoms in total. The number of benzene rings is 1. The van der Waals surface area contributed by atoms with Crippen LogP contribution in [0.15, 0.2) is 27.2 Å². The average molecular weight is 327 g/mol. The van der Waals surface area contributed by atoms with Crippen LogP contribution in [-0.4, -0.2) is 5.16 Å². The molecule has 1 unspecified atom stereocenters. The summed E-state index contributed by atoms with van der Waals surface area (Å²) in [6, 6.07) is 4.98. The van der Waals surface area contributed by atoms with Crippen molar-refractivity contribution < 1.29 is 8.91 Å². The van der Waals surface area contributed by atoms with Crippen LogP contribution < -0.4 is 5.32 Å². The minimum atomic E-state index is -0.240. The normalized spacial score (nSPS) is 12.7. The number of rotatable bonds is 4. The third kappa shape index (κ3) is 3.42. The van der Waals surface area contributed by atoms with E-state index in [9.17, 15) is 4.39 Å². The van der Waals surface area contributed by atoms with Gasteiger partial charge in [0.2, 0.25) is 0 Å². The van der Waals surface area contributed by atoms with Crippen molar-refractivity contribution in [1.29, 1.82) is 0 Å². The van der Waals surface area contributed by atoms with Crippen LogP contribution in [-0.2, 0) is 6.54 Å². The minimum absolute atomic E-state index is 0.105. The van der Waals surface area contributed by atoms with Crippen LogP contribution >= 0.6 is 15.9 Å². The van der Waals surface area contributed by atoms with Gasteiger partial charge in [-0.05, 0) is 44.5 Å². The molecule has 0 saturated carbocycles. The van der Waals surface area contributed by atoms with E-state index in [0.29, 0.717) is 6.54 Å². The molecule has 5 heteroatoms. The van der Waals surface area contributed by atoms with Gasteiger partial charge in [-0.3, -0.25) is 0 Å². The largest absolute Gasteiger partial charge is 0.361 e. The van der Waals surface area contributed by atoms with E-state index in [2.05, 4.69) is 26.4 Å². The van der Waals surface area contributed by atoms with E-state index >= 15 is 0 Å². The molecule has 19 heavy (non-hydrogen) atoms. The van der Waals surface area contributed by atoms with Gasteiger partial charge < -0.3 is 9.84 Å². The van der Waals surface area contributed by atoms with E-state index in [4.69, 9.17) is 4.52 Å². The third-order valence-electron chi connectivity index (χ3n) is 3.06. The zero-order chi connectivity index (χ0) is 14.0. The van der Waals surface area contributed by atoms with E-state index in [1.54, 1.807) is 0 Å². The van der Waals surface area contributed by atoms with Gasteiger partial charge in [0.05, 0.1) is 5.69 Å². The van der Waals surface area contributed by atoms with Crippen LogP contribution in [0.1, 0.15) is 35.5 Å². The van der Waals surface area contributed by atoms with Crippen LogP contribution in [0, 0.1) is 19.7 Å². The number of nitrogens with one attached hydrogen (secondary N) is 1. The zero-order valence-electron chi connectivity index (χ0n) is 11.1. The quantitative estimate of drug-likeness (QED) is 0.921. The summed E-state index contributed by atoms with van der Waals surface area (Å²) in [7, 11) is 0. The van der Waals surface area contributed by atoms with Gasteiger partial charge in [0.25, 0.3) is 0 Å². The van der Waals surface area contributed by atoms with E-state index in [0.717, 1.165) is 27.1 Å². The summed E-state index contributed by atoms with van der Waals surface area (Å²) in [4.78, 5) is 0. The average Bonchev–Trinajstić information content (AvgIpc) is 2.65. The number of aryl methyl sites for hydroxylation is 2.